The van der Waals surface area contributed by atoms with Gasteiger partial charge < -0.3 is 4.42 Å². The van der Waals surface area contributed by atoms with Crippen molar-refractivity contribution in [3.63, 3.8) is 0 Å². The lowest BCUT2D eigenvalue weighted by atomic mass is 10.1. The standard InChI is InChI=1S/C22H15Cl2N3O4/c1-12-3-4-14(10-20(12)24)26-22(28)17(13(2)25-26)11-16-6-8-21(31-16)18-9-15(27(29)30)5-7-19(18)23/h3-11H,1-2H3/b17-11+. The summed E-state index contributed by atoms with van der Waals surface area (Å²) in [5, 5.41) is 17.5. The molecule has 2 heterocycles. The van der Waals surface area contributed by atoms with Gasteiger partial charge >= 0.3 is 0 Å². The first-order valence-electron chi connectivity index (χ1n) is 9.16. The number of halogens is 2. The molecule has 0 radical (unpaired) electrons. The van der Waals surface area contributed by atoms with Gasteiger partial charge in [0.05, 0.1) is 26.9 Å². The van der Waals surface area contributed by atoms with Gasteiger partial charge in [0.1, 0.15) is 11.5 Å². The highest BCUT2D eigenvalue weighted by Gasteiger charge is 2.29. The second-order valence-corrected chi connectivity index (χ2v) is 7.73. The van der Waals surface area contributed by atoms with Crippen molar-refractivity contribution in [3.8, 4) is 11.3 Å². The van der Waals surface area contributed by atoms with Crippen LogP contribution in [0.5, 0.6) is 0 Å². The van der Waals surface area contributed by atoms with Crippen LogP contribution in [0, 0.1) is 17.0 Å². The van der Waals surface area contributed by atoms with Gasteiger partial charge in [0.2, 0.25) is 0 Å². The van der Waals surface area contributed by atoms with E-state index in [-0.39, 0.29) is 11.6 Å². The Bertz CT molecular complexity index is 1290. The number of amides is 1. The highest BCUT2D eigenvalue weighted by molar-refractivity contribution is 6.34. The number of hydrogen-bond acceptors (Lipinski definition) is 5. The van der Waals surface area contributed by atoms with Crippen LogP contribution in [0.25, 0.3) is 17.4 Å². The van der Waals surface area contributed by atoms with Crippen LogP contribution in [-0.2, 0) is 4.79 Å². The number of anilines is 1. The Kier molecular flexibility index (Phi) is 5.39. The van der Waals surface area contributed by atoms with Gasteiger partial charge in [0.25, 0.3) is 11.6 Å². The van der Waals surface area contributed by atoms with E-state index in [2.05, 4.69) is 5.10 Å². The molecule has 1 aliphatic rings. The molecular weight excluding hydrogens is 441 g/mol. The first-order chi connectivity index (χ1) is 14.7. The maximum atomic E-state index is 12.9. The molecule has 0 saturated heterocycles. The molecule has 1 aliphatic heterocycles. The first kappa shape index (κ1) is 20.8. The van der Waals surface area contributed by atoms with Crippen LogP contribution in [-0.4, -0.2) is 16.5 Å². The molecule has 0 N–H and O–H groups in total. The van der Waals surface area contributed by atoms with E-state index in [1.807, 2.05) is 13.0 Å². The number of carbonyl (C=O) groups excluding carboxylic acids is 1. The Hall–Kier alpha value is -3.42. The molecule has 31 heavy (non-hydrogen) atoms. The van der Waals surface area contributed by atoms with Crippen LogP contribution in [0.4, 0.5) is 11.4 Å². The van der Waals surface area contributed by atoms with E-state index in [1.165, 1.54) is 23.2 Å². The number of nitrogens with zero attached hydrogens (tertiary/aromatic N) is 3. The number of hydrogen-bond donors (Lipinski definition) is 0. The van der Waals surface area contributed by atoms with E-state index in [0.29, 0.717) is 44.1 Å². The largest absolute Gasteiger partial charge is 0.457 e. The van der Waals surface area contributed by atoms with Crippen LogP contribution >= 0.6 is 23.2 Å². The number of non-ortho nitro benzene ring substituents is 1. The minimum atomic E-state index is -0.505. The third-order valence-corrected chi connectivity index (χ3v) is 5.54. The molecule has 1 aromatic heterocycles. The number of nitro groups is 1. The van der Waals surface area contributed by atoms with Gasteiger partial charge in [-0.25, -0.2) is 0 Å². The van der Waals surface area contributed by atoms with Gasteiger partial charge in [-0.15, -0.1) is 0 Å². The second-order valence-electron chi connectivity index (χ2n) is 6.92. The summed E-state index contributed by atoms with van der Waals surface area (Å²) in [7, 11) is 0. The van der Waals surface area contributed by atoms with Gasteiger partial charge in [-0.1, -0.05) is 29.3 Å². The van der Waals surface area contributed by atoms with Gasteiger partial charge in [0.15, 0.2) is 0 Å². The van der Waals surface area contributed by atoms with Crippen LogP contribution in [0.1, 0.15) is 18.2 Å². The Morgan fingerprint density at radius 1 is 1.06 bits per heavy atom. The van der Waals surface area contributed by atoms with Crippen molar-refractivity contribution >= 4 is 52.3 Å². The number of rotatable bonds is 4. The van der Waals surface area contributed by atoms with Gasteiger partial charge in [-0.05, 0) is 55.8 Å². The molecule has 9 heteroatoms. The Morgan fingerprint density at radius 2 is 1.84 bits per heavy atom. The van der Waals surface area contributed by atoms with E-state index in [9.17, 15) is 14.9 Å². The van der Waals surface area contributed by atoms with E-state index < -0.39 is 4.92 Å². The van der Waals surface area contributed by atoms with E-state index >= 15 is 0 Å². The molecule has 0 unspecified atom stereocenters. The molecule has 7 nitrogen and oxygen atoms in total. The number of carbonyl (C=O) groups is 1. The zero-order valence-corrected chi connectivity index (χ0v) is 17.9. The molecule has 1 amide bonds. The fourth-order valence-corrected chi connectivity index (χ4v) is 3.49. The van der Waals surface area contributed by atoms with Crippen molar-refractivity contribution in [2.24, 2.45) is 5.10 Å². The van der Waals surface area contributed by atoms with Crippen LogP contribution in [0.3, 0.4) is 0 Å². The third kappa shape index (κ3) is 3.97. The summed E-state index contributed by atoms with van der Waals surface area (Å²) in [6.45, 7) is 3.60. The Balaban J connectivity index is 1.65. The molecule has 3 aromatic rings. The third-order valence-electron chi connectivity index (χ3n) is 4.80. The van der Waals surface area contributed by atoms with Crippen molar-refractivity contribution in [1.82, 2.24) is 0 Å². The first-order valence-corrected chi connectivity index (χ1v) is 9.92. The highest BCUT2D eigenvalue weighted by Crippen LogP contribution is 2.34. The van der Waals surface area contributed by atoms with Crippen molar-refractivity contribution in [3.05, 3.63) is 85.6 Å². The van der Waals surface area contributed by atoms with Crippen molar-refractivity contribution in [2.45, 2.75) is 13.8 Å². The zero-order chi connectivity index (χ0) is 22.3. The maximum absolute atomic E-state index is 12.9. The fourth-order valence-electron chi connectivity index (χ4n) is 3.11. The number of nitro benzene ring substituents is 1. The predicted octanol–water partition coefficient (Wildman–Crippen LogP) is 6.28. The lowest BCUT2D eigenvalue weighted by molar-refractivity contribution is -0.384. The lowest BCUT2D eigenvalue weighted by Gasteiger charge is -2.12. The molecular formula is C22H15Cl2N3O4. The SMILES string of the molecule is CC1=NN(c2ccc(C)c(Cl)c2)C(=O)/C1=C/c1ccc(-c2cc([N+](=O)[O-])ccc2Cl)o1. The van der Waals surface area contributed by atoms with Gasteiger partial charge in [-0.2, -0.15) is 10.1 Å². The summed E-state index contributed by atoms with van der Waals surface area (Å²) in [6.07, 6.45) is 1.58. The van der Waals surface area contributed by atoms with E-state index in [1.54, 1.807) is 37.3 Å². The molecule has 0 bridgehead atoms. The van der Waals surface area contributed by atoms with Crippen LogP contribution in [0.2, 0.25) is 10.0 Å². The summed E-state index contributed by atoms with van der Waals surface area (Å²) in [4.78, 5) is 23.5. The van der Waals surface area contributed by atoms with Crippen molar-refractivity contribution in [1.29, 1.82) is 0 Å². The lowest BCUT2D eigenvalue weighted by Crippen LogP contribution is -2.21. The number of aryl methyl sites for hydroxylation is 1. The zero-order valence-electron chi connectivity index (χ0n) is 16.4. The predicted molar refractivity (Wildman–Crippen MR) is 121 cm³/mol. The smallest absolute Gasteiger partial charge is 0.280 e. The molecule has 0 atom stereocenters. The van der Waals surface area contributed by atoms with Gasteiger partial charge in [-0.3, -0.25) is 14.9 Å². The van der Waals surface area contributed by atoms with Gasteiger partial charge in [0, 0.05) is 22.7 Å². The number of hydrazone groups is 1. The second kappa shape index (κ2) is 8.02. The molecule has 2 aromatic carbocycles. The van der Waals surface area contributed by atoms with Crippen LogP contribution < -0.4 is 5.01 Å². The minimum Gasteiger partial charge on any atom is -0.457 e. The number of benzene rings is 2. The monoisotopic (exact) mass is 455 g/mol. The topological polar surface area (TPSA) is 89.0 Å². The van der Waals surface area contributed by atoms with Crippen molar-refractivity contribution in [2.75, 3.05) is 5.01 Å². The summed E-state index contributed by atoms with van der Waals surface area (Å²) in [5.74, 6) is 0.422. The molecule has 4 rings (SSSR count). The average Bonchev–Trinajstić information content (AvgIpc) is 3.30. The Labute approximate surface area is 187 Å². The molecule has 0 aliphatic carbocycles. The van der Waals surface area contributed by atoms with Crippen molar-refractivity contribution < 1.29 is 14.1 Å². The Morgan fingerprint density at radius 3 is 2.55 bits per heavy atom. The normalized spacial score (nSPS) is 15.0. The summed E-state index contributed by atoms with van der Waals surface area (Å²) in [5.41, 5.74) is 2.63. The maximum Gasteiger partial charge on any atom is 0.280 e. The minimum absolute atomic E-state index is 0.1000. The average molecular weight is 456 g/mol. The molecule has 0 fully saturated rings. The quantitative estimate of drug-likeness (QED) is 0.263. The summed E-state index contributed by atoms with van der Waals surface area (Å²) in [6, 6.07) is 12.7. The molecule has 0 spiro atoms. The summed E-state index contributed by atoms with van der Waals surface area (Å²) >= 11 is 12.4. The number of furan rings is 1. The van der Waals surface area contributed by atoms with Crippen LogP contribution in [0.15, 0.2) is 63.6 Å². The molecule has 0 saturated carbocycles. The molecule has 156 valence electrons. The summed E-state index contributed by atoms with van der Waals surface area (Å²) < 4.78 is 5.79. The van der Waals surface area contributed by atoms with E-state index in [0.717, 1.165) is 5.56 Å². The fraction of sp³-hybridized carbons (Fsp3) is 0.0909. The highest BCUT2D eigenvalue weighted by atomic mass is 35.5. The van der Waals surface area contributed by atoms with E-state index in [4.69, 9.17) is 27.6 Å².